The summed E-state index contributed by atoms with van der Waals surface area (Å²) in [7, 11) is 0. The zero-order chi connectivity index (χ0) is 13.8. The number of hydrogen-bond acceptors (Lipinski definition) is 2. The lowest BCUT2D eigenvalue weighted by Gasteiger charge is -2.18. The molecule has 1 heterocycles. The SMILES string of the molecule is CCNC(c1ccc(CC)s1)c1cc(F)ccc1Cl. The smallest absolute Gasteiger partial charge is 0.123 e. The zero-order valence-electron chi connectivity index (χ0n) is 11.0. The van der Waals surface area contributed by atoms with Gasteiger partial charge in [0.15, 0.2) is 0 Å². The van der Waals surface area contributed by atoms with Crippen LogP contribution in [-0.4, -0.2) is 6.54 Å². The number of aryl methyl sites for hydroxylation is 1. The number of hydrogen-bond donors (Lipinski definition) is 1. The van der Waals surface area contributed by atoms with Crippen LogP contribution in [-0.2, 0) is 6.42 Å². The van der Waals surface area contributed by atoms with Crippen LogP contribution in [0, 0.1) is 5.82 Å². The molecule has 0 aliphatic heterocycles. The number of benzene rings is 1. The first-order valence-corrected chi connectivity index (χ1v) is 7.62. The highest BCUT2D eigenvalue weighted by molar-refractivity contribution is 7.12. The molecule has 1 aromatic carbocycles. The second kappa shape index (κ2) is 6.51. The van der Waals surface area contributed by atoms with Crippen molar-refractivity contribution in [2.75, 3.05) is 6.54 Å². The highest BCUT2D eigenvalue weighted by Gasteiger charge is 2.18. The second-order valence-electron chi connectivity index (χ2n) is 4.31. The van der Waals surface area contributed by atoms with Crippen LogP contribution in [0.15, 0.2) is 30.3 Å². The average molecular weight is 298 g/mol. The lowest BCUT2D eigenvalue weighted by Crippen LogP contribution is -2.21. The summed E-state index contributed by atoms with van der Waals surface area (Å²) >= 11 is 7.96. The Morgan fingerprint density at radius 3 is 2.68 bits per heavy atom. The van der Waals surface area contributed by atoms with E-state index in [2.05, 4.69) is 24.4 Å². The summed E-state index contributed by atoms with van der Waals surface area (Å²) < 4.78 is 13.5. The Labute approximate surface area is 122 Å². The lowest BCUT2D eigenvalue weighted by atomic mass is 10.0. The molecule has 0 radical (unpaired) electrons. The van der Waals surface area contributed by atoms with Gasteiger partial charge < -0.3 is 5.32 Å². The Hall–Kier alpha value is -0.900. The molecule has 0 amide bonds. The van der Waals surface area contributed by atoms with Gasteiger partial charge in [0.2, 0.25) is 0 Å². The van der Waals surface area contributed by atoms with Crippen molar-refractivity contribution in [3.05, 3.63) is 56.5 Å². The van der Waals surface area contributed by atoms with E-state index >= 15 is 0 Å². The third-order valence-electron chi connectivity index (χ3n) is 2.99. The van der Waals surface area contributed by atoms with Crippen LogP contribution >= 0.6 is 22.9 Å². The Balaban J connectivity index is 2.41. The Morgan fingerprint density at radius 2 is 2.05 bits per heavy atom. The molecule has 0 saturated carbocycles. The molecule has 4 heteroatoms. The van der Waals surface area contributed by atoms with Crippen molar-refractivity contribution in [1.29, 1.82) is 0 Å². The predicted molar refractivity (Wildman–Crippen MR) is 80.6 cm³/mol. The van der Waals surface area contributed by atoms with E-state index in [4.69, 9.17) is 11.6 Å². The molecular formula is C15H17ClFNS. The summed E-state index contributed by atoms with van der Waals surface area (Å²) in [4.78, 5) is 2.50. The molecule has 0 spiro atoms. The molecule has 0 bridgehead atoms. The van der Waals surface area contributed by atoms with Crippen molar-refractivity contribution in [1.82, 2.24) is 5.32 Å². The maximum Gasteiger partial charge on any atom is 0.123 e. The lowest BCUT2D eigenvalue weighted by molar-refractivity contribution is 0.607. The summed E-state index contributed by atoms with van der Waals surface area (Å²) in [6.07, 6.45) is 1.01. The highest BCUT2D eigenvalue weighted by atomic mass is 35.5. The molecule has 1 unspecified atom stereocenters. The van der Waals surface area contributed by atoms with Gasteiger partial charge in [0.25, 0.3) is 0 Å². The predicted octanol–water partition coefficient (Wildman–Crippen LogP) is 4.80. The molecule has 1 nitrogen and oxygen atoms in total. The van der Waals surface area contributed by atoms with Gasteiger partial charge in [-0.25, -0.2) is 4.39 Å². The Bertz CT molecular complexity index is 553. The van der Waals surface area contributed by atoms with E-state index in [1.807, 2.05) is 6.92 Å². The Kier molecular flexibility index (Phi) is 4.97. The number of halogens is 2. The largest absolute Gasteiger partial charge is 0.306 e. The highest BCUT2D eigenvalue weighted by Crippen LogP contribution is 2.33. The van der Waals surface area contributed by atoms with Crippen LogP contribution in [0.4, 0.5) is 4.39 Å². The van der Waals surface area contributed by atoms with Gasteiger partial charge in [-0.05, 0) is 48.9 Å². The van der Waals surface area contributed by atoms with Gasteiger partial charge in [0, 0.05) is 14.8 Å². The van der Waals surface area contributed by atoms with Gasteiger partial charge in [0.05, 0.1) is 6.04 Å². The van der Waals surface area contributed by atoms with Crippen molar-refractivity contribution in [3.63, 3.8) is 0 Å². The van der Waals surface area contributed by atoms with Gasteiger partial charge in [-0.2, -0.15) is 0 Å². The molecule has 0 fully saturated rings. The van der Waals surface area contributed by atoms with E-state index < -0.39 is 0 Å². The summed E-state index contributed by atoms with van der Waals surface area (Å²) in [6.45, 7) is 4.97. The van der Waals surface area contributed by atoms with Gasteiger partial charge in [-0.3, -0.25) is 0 Å². The fourth-order valence-corrected chi connectivity index (χ4v) is 3.32. The van der Waals surface area contributed by atoms with Gasteiger partial charge in [-0.15, -0.1) is 11.3 Å². The van der Waals surface area contributed by atoms with Crippen LogP contribution in [0.25, 0.3) is 0 Å². The average Bonchev–Trinajstić information content (AvgIpc) is 2.88. The molecule has 2 aromatic rings. The van der Waals surface area contributed by atoms with Crippen LogP contribution in [0.2, 0.25) is 5.02 Å². The van der Waals surface area contributed by atoms with E-state index in [-0.39, 0.29) is 11.9 Å². The summed E-state index contributed by atoms with van der Waals surface area (Å²) in [5, 5.41) is 3.98. The maximum absolute atomic E-state index is 13.5. The monoisotopic (exact) mass is 297 g/mol. The fraction of sp³-hybridized carbons (Fsp3) is 0.333. The Morgan fingerprint density at radius 1 is 1.26 bits per heavy atom. The van der Waals surface area contributed by atoms with E-state index in [1.165, 1.54) is 21.9 Å². The zero-order valence-corrected chi connectivity index (χ0v) is 12.6. The molecule has 0 saturated heterocycles. The molecule has 19 heavy (non-hydrogen) atoms. The van der Waals surface area contributed by atoms with Crippen LogP contribution < -0.4 is 5.32 Å². The quantitative estimate of drug-likeness (QED) is 0.836. The molecule has 1 N–H and O–H groups in total. The van der Waals surface area contributed by atoms with Crippen molar-refractivity contribution in [3.8, 4) is 0 Å². The fourth-order valence-electron chi connectivity index (χ4n) is 2.04. The van der Waals surface area contributed by atoms with Crippen molar-refractivity contribution in [2.45, 2.75) is 26.3 Å². The molecule has 2 rings (SSSR count). The van der Waals surface area contributed by atoms with Crippen LogP contribution in [0.3, 0.4) is 0 Å². The maximum atomic E-state index is 13.5. The molecule has 102 valence electrons. The van der Waals surface area contributed by atoms with Gasteiger partial charge in [-0.1, -0.05) is 25.4 Å². The molecule has 1 atom stereocenters. The number of nitrogens with one attached hydrogen (secondary N) is 1. The molecule has 0 aliphatic carbocycles. The van der Waals surface area contributed by atoms with E-state index in [0.29, 0.717) is 5.02 Å². The standard InChI is InChI=1S/C15H17ClFNS/c1-3-11-6-8-14(19-11)15(18-4-2)12-9-10(17)5-7-13(12)16/h5-9,15,18H,3-4H2,1-2H3. The van der Waals surface area contributed by atoms with Gasteiger partial charge in [0.1, 0.15) is 5.82 Å². The summed E-state index contributed by atoms with van der Waals surface area (Å²) in [5.41, 5.74) is 0.799. The van der Waals surface area contributed by atoms with Crippen molar-refractivity contribution >= 4 is 22.9 Å². The molecular weight excluding hydrogens is 281 g/mol. The minimum atomic E-state index is -0.255. The third kappa shape index (κ3) is 3.35. The van der Waals surface area contributed by atoms with Crippen molar-refractivity contribution in [2.24, 2.45) is 0 Å². The molecule has 1 aromatic heterocycles. The van der Waals surface area contributed by atoms with Crippen LogP contribution in [0.5, 0.6) is 0 Å². The van der Waals surface area contributed by atoms with E-state index in [1.54, 1.807) is 17.4 Å². The number of rotatable bonds is 5. The first-order chi connectivity index (χ1) is 9.15. The third-order valence-corrected chi connectivity index (χ3v) is 4.63. The second-order valence-corrected chi connectivity index (χ2v) is 5.92. The van der Waals surface area contributed by atoms with Gasteiger partial charge >= 0.3 is 0 Å². The normalized spacial score (nSPS) is 12.6. The number of thiophene rings is 1. The first-order valence-electron chi connectivity index (χ1n) is 6.42. The van der Waals surface area contributed by atoms with Crippen molar-refractivity contribution < 1.29 is 4.39 Å². The summed E-state index contributed by atoms with van der Waals surface area (Å²) in [6, 6.07) is 8.70. The topological polar surface area (TPSA) is 12.0 Å². The first kappa shape index (κ1) is 14.5. The minimum Gasteiger partial charge on any atom is -0.306 e. The molecule has 0 aliphatic rings. The van der Waals surface area contributed by atoms with E-state index in [9.17, 15) is 4.39 Å². The minimum absolute atomic E-state index is 0.0431. The van der Waals surface area contributed by atoms with E-state index in [0.717, 1.165) is 18.5 Å². The van der Waals surface area contributed by atoms with Crippen LogP contribution in [0.1, 0.15) is 35.2 Å². The summed E-state index contributed by atoms with van der Waals surface area (Å²) in [5.74, 6) is -0.255.